The minimum absolute atomic E-state index is 0.0973. The van der Waals surface area contributed by atoms with Crippen LogP contribution in [0, 0.1) is 0 Å². The lowest BCUT2D eigenvalue weighted by Crippen LogP contribution is -2.46. The molecular weight excluding hydrogens is 412 g/mol. The summed E-state index contributed by atoms with van der Waals surface area (Å²) in [5, 5.41) is 11.9. The number of likely N-dealkylation sites (N-methyl/N-ethyl adjacent to an activating group) is 1. The summed E-state index contributed by atoms with van der Waals surface area (Å²) in [7, 11) is 2.13. The third kappa shape index (κ3) is 4.79. The molecule has 1 fully saturated rings. The number of piperazine rings is 1. The number of fused-ring (bicyclic) bond motifs is 1. The average molecular weight is 441 g/mol. The Morgan fingerprint density at radius 3 is 2.42 bits per heavy atom. The third-order valence-electron chi connectivity index (χ3n) is 6.27. The van der Waals surface area contributed by atoms with E-state index < -0.39 is 0 Å². The molecule has 7 nitrogen and oxygen atoms in total. The van der Waals surface area contributed by atoms with Crippen molar-refractivity contribution in [3.05, 3.63) is 102 Å². The molecule has 1 atom stereocenters. The summed E-state index contributed by atoms with van der Waals surface area (Å²) in [5.74, 6) is 0.756. The Balaban J connectivity index is 1.34. The molecule has 1 unspecified atom stereocenters. The Labute approximate surface area is 193 Å². The number of carbonyl (C=O) groups excluding carboxylic acids is 1. The Kier molecular flexibility index (Phi) is 6.15. The highest BCUT2D eigenvalue weighted by Crippen LogP contribution is 2.24. The van der Waals surface area contributed by atoms with E-state index in [1.165, 1.54) is 5.56 Å². The van der Waals surface area contributed by atoms with Crippen molar-refractivity contribution in [3.8, 4) is 0 Å². The highest BCUT2D eigenvalue weighted by molar-refractivity contribution is 5.94. The Hall–Kier alpha value is -3.55. The van der Waals surface area contributed by atoms with Gasteiger partial charge in [-0.1, -0.05) is 60.7 Å². The molecule has 168 valence electrons. The number of nitrogens with zero attached hydrogens (tertiary/aromatic N) is 5. The van der Waals surface area contributed by atoms with Gasteiger partial charge in [-0.05, 0) is 30.3 Å². The van der Waals surface area contributed by atoms with Gasteiger partial charge in [0.2, 0.25) is 0 Å². The molecule has 0 bridgehead atoms. The van der Waals surface area contributed by atoms with Gasteiger partial charge in [0, 0.05) is 38.9 Å². The van der Waals surface area contributed by atoms with Gasteiger partial charge in [0.1, 0.15) is 0 Å². The molecule has 0 spiro atoms. The predicted molar refractivity (Wildman–Crippen MR) is 128 cm³/mol. The third-order valence-corrected chi connectivity index (χ3v) is 6.27. The molecule has 2 aromatic heterocycles. The van der Waals surface area contributed by atoms with E-state index in [-0.39, 0.29) is 11.9 Å². The number of benzene rings is 2. The van der Waals surface area contributed by atoms with E-state index in [0.717, 1.165) is 43.2 Å². The van der Waals surface area contributed by atoms with Gasteiger partial charge in [0.05, 0.1) is 11.6 Å². The van der Waals surface area contributed by atoms with Gasteiger partial charge in [0.15, 0.2) is 11.5 Å². The molecule has 0 aliphatic carbocycles. The molecule has 1 N–H and O–H groups in total. The zero-order valence-electron chi connectivity index (χ0n) is 18.8. The van der Waals surface area contributed by atoms with Crippen LogP contribution in [-0.4, -0.2) is 57.0 Å². The van der Waals surface area contributed by atoms with E-state index in [9.17, 15) is 4.79 Å². The molecule has 7 heteroatoms. The van der Waals surface area contributed by atoms with Crippen LogP contribution in [0.25, 0.3) is 5.65 Å². The number of hydrogen-bond donors (Lipinski definition) is 1. The number of aromatic nitrogens is 3. The van der Waals surface area contributed by atoms with Crippen LogP contribution in [-0.2, 0) is 13.1 Å². The van der Waals surface area contributed by atoms with Crippen molar-refractivity contribution in [3.63, 3.8) is 0 Å². The standard InChI is InChI=1S/C26H28N6O/c1-30-14-15-31(17-21-10-6-3-7-11-21)19-23(30)25-29-28-24-13-12-22(18-32(24)25)26(33)27-16-20-8-4-2-5-9-20/h2-13,18,23H,14-17,19H2,1H3,(H,27,33). The second-order valence-electron chi connectivity index (χ2n) is 8.59. The Bertz CT molecular complexity index is 1220. The van der Waals surface area contributed by atoms with Crippen molar-refractivity contribution < 1.29 is 4.79 Å². The van der Waals surface area contributed by atoms with Gasteiger partial charge < -0.3 is 5.32 Å². The fraction of sp³-hybridized carbons (Fsp3) is 0.269. The fourth-order valence-electron chi connectivity index (χ4n) is 4.34. The van der Waals surface area contributed by atoms with Gasteiger partial charge >= 0.3 is 0 Å². The van der Waals surface area contributed by atoms with Crippen molar-refractivity contribution in [1.29, 1.82) is 0 Å². The van der Waals surface area contributed by atoms with Crippen LogP contribution in [0.3, 0.4) is 0 Å². The molecule has 1 amide bonds. The first-order valence-corrected chi connectivity index (χ1v) is 11.3. The van der Waals surface area contributed by atoms with Crippen LogP contribution in [0.1, 0.15) is 33.4 Å². The van der Waals surface area contributed by atoms with Gasteiger partial charge in [-0.15, -0.1) is 10.2 Å². The largest absolute Gasteiger partial charge is 0.348 e. The van der Waals surface area contributed by atoms with E-state index in [2.05, 4.69) is 56.6 Å². The van der Waals surface area contributed by atoms with E-state index in [4.69, 9.17) is 0 Å². The maximum absolute atomic E-state index is 12.8. The summed E-state index contributed by atoms with van der Waals surface area (Å²) in [5.41, 5.74) is 3.72. The summed E-state index contributed by atoms with van der Waals surface area (Å²) < 4.78 is 1.96. The van der Waals surface area contributed by atoms with Crippen molar-refractivity contribution in [2.75, 3.05) is 26.7 Å². The first-order valence-electron chi connectivity index (χ1n) is 11.3. The normalized spacial score (nSPS) is 17.3. The molecule has 4 aromatic rings. The zero-order chi connectivity index (χ0) is 22.6. The lowest BCUT2D eigenvalue weighted by atomic mass is 10.1. The minimum atomic E-state index is -0.108. The topological polar surface area (TPSA) is 65.8 Å². The van der Waals surface area contributed by atoms with Gasteiger partial charge in [-0.25, -0.2) is 0 Å². The highest BCUT2D eigenvalue weighted by atomic mass is 16.1. The molecule has 0 radical (unpaired) electrons. The van der Waals surface area contributed by atoms with Crippen LogP contribution in [0.2, 0.25) is 0 Å². The monoisotopic (exact) mass is 440 g/mol. The van der Waals surface area contributed by atoms with E-state index in [0.29, 0.717) is 12.1 Å². The first kappa shape index (κ1) is 21.3. The summed E-state index contributed by atoms with van der Waals surface area (Å²) in [6.07, 6.45) is 1.86. The van der Waals surface area contributed by atoms with E-state index in [1.807, 2.05) is 53.1 Å². The molecule has 0 saturated carbocycles. The number of rotatable bonds is 6. The minimum Gasteiger partial charge on any atom is -0.348 e. The summed E-state index contributed by atoms with van der Waals surface area (Å²) >= 11 is 0. The van der Waals surface area contributed by atoms with Crippen LogP contribution >= 0.6 is 0 Å². The Morgan fingerprint density at radius 2 is 1.67 bits per heavy atom. The second-order valence-corrected chi connectivity index (χ2v) is 8.59. The quantitative estimate of drug-likeness (QED) is 0.499. The fourth-order valence-corrected chi connectivity index (χ4v) is 4.34. The summed E-state index contributed by atoms with van der Waals surface area (Å²) in [6.45, 7) is 4.22. The van der Waals surface area contributed by atoms with E-state index >= 15 is 0 Å². The van der Waals surface area contributed by atoms with E-state index in [1.54, 1.807) is 6.07 Å². The molecule has 3 heterocycles. The number of carbonyl (C=O) groups is 1. The number of hydrogen-bond acceptors (Lipinski definition) is 5. The van der Waals surface area contributed by atoms with Crippen molar-refractivity contribution >= 4 is 11.6 Å². The molecule has 1 saturated heterocycles. The summed E-state index contributed by atoms with van der Waals surface area (Å²) in [4.78, 5) is 17.6. The first-order chi connectivity index (χ1) is 16.2. The SMILES string of the molecule is CN1CCN(Cc2ccccc2)CC1c1nnc2ccc(C(=O)NCc3ccccc3)cn12. The number of nitrogens with one attached hydrogen (secondary N) is 1. The average Bonchev–Trinajstić information content (AvgIpc) is 3.28. The van der Waals surface area contributed by atoms with Gasteiger partial charge in [-0.3, -0.25) is 19.0 Å². The van der Waals surface area contributed by atoms with Crippen molar-refractivity contribution in [2.24, 2.45) is 0 Å². The molecule has 1 aliphatic heterocycles. The maximum atomic E-state index is 12.8. The Morgan fingerprint density at radius 1 is 0.939 bits per heavy atom. The molecule has 1 aliphatic rings. The van der Waals surface area contributed by atoms with Crippen molar-refractivity contribution in [1.82, 2.24) is 29.7 Å². The second kappa shape index (κ2) is 9.52. The summed E-state index contributed by atoms with van der Waals surface area (Å²) in [6, 6.07) is 24.2. The van der Waals surface area contributed by atoms with Crippen LogP contribution in [0.4, 0.5) is 0 Å². The smallest absolute Gasteiger partial charge is 0.253 e. The molecule has 5 rings (SSSR count). The molecule has 33 heavy (non-hydrogen) atoms. The zero-order valence-corrected chi connectivity index (χ0v) is 18.8. The number of amides is 1. The lowest BCUT2D eigenvalue weighted by Gasteiger charge is -2.38. The lowest BCUT2D eigenvalue weighted by molar-refractivity contribution is 0.0852. The van der Waals surface area contributed by atoms with Crippen LogP contribution < -0.4 is 5.32 Å². The molecule has 2 aromatic carbocycles. The highest BCUT2D eigenvalue weighted by Gasteiger charge is 2.29. The van der Waals surface area contributed by atoms with Gasteiger partial charge in [0.25, 0.3) is 5.91 Å². The number of pyridine rings is 1. The van der Waals surface area contributed by atoms with Crippen molar-refractivity contribution in [2.45, 2.75) is 19.1 Å². The molecular formula is C26H28N6O. The van der Waals surface area contributed by atoms with Crippen LogP contribution in [0.5, 0.6) is 0 Å². The predicted octanol–water partition coefficient (Wildman–Crippen LogP) is 3.15. The van der Waals surface area contributed by atoms with Crippen LogP contribution in [0.15, 0.2) is 79.0 Å². The van der Waals surface area contributed by atoms with Gasteiger partial charge in [-0.2, -0.15) is 0 Å². The maximum Gasteiger partial charge on any atom is 0.253 e.